The summed E-state index contributed by atoms with van der Waals surface area (Å²) in [4.78, 5) is 18.2. The highest BCUT2D eigenvalue weighted by Crippen LogP contribution is 2.27. The topological polar surface area (TPSA) is 79.4 Å². The Labute approximate surface area is 197 Å². The number of benzene rings is 2. The third-order valence-electron chi connectivity index (χ3n) is 5.73. The number of nitrogens with zero attached hydrogens (tertiary/aromatic N) is 2. The van der Waals surface area contributed by atoms with Crippen LogP contribution in [-0.4, -0.2) is 36.7 Å². The molecule has 0 aliphatic carbocycles. The molecule has 2 aromatic carbocycles. The fourth-order valence-electron chi connectivity index (χ4n) is 3.85. The minimum absolute atomic E-state index is 0.184. The Hall–Kier alpha value is -2.62. The molecule has 0 atom stereocenters. The van der Waals surface area contributed by atoms with E-state index in [4.69, 9.17) is 0 Å². The average molecular weight is 488 g/mol. The number of halogens is 1. The van der Waals surface area contributed by atoms with E-state index in [1.807, 2.05) is 6.92 Å². The molecule has 4 rings (SSSR count). The first kappa shape index (κ1) is 23.5. The Morgan fingerprint density at radius 2 is 1.79 bits per heavy atom. The summed E-state index contributed by atoms with van der Waals surface area (Å²) in [5.41, 5.74) is 2.74. The molecule has 9 heteroatoms. The Bertz CT molecular complexity index is 1260. The number of aromatic nitrogens is 1. The van der Waals surface area contributed by atoms with Crippen LogP contribution in [0.3, 0.4) is 0 Å². The minimum Gasteiger partial charge on any atom is -0.321 e. The quantitative estimate of drug-likeness (QED) is 0.535. The fourth-order valence-corrected chi connectivity index (χ4v) is 6.38. The van der Waals surface area contributed by atoms with E-state index in [1.165, 1.54) is 33.8 Å². The van der Waals surface area contributed by atoms with Crippen LogP contribution in [0.25, 0.3) is 0 Å². The number of rotatable bonds is 6. The SMILES string of the molecule is Cc1ccc(S(=O)(=O)N2CCCCC2)cc1NC(=O)c1sc(Cc2ccc(F)cc2)nc1C. The first-order valence-electron chi connectivity index (χ1n) is 10.9. The molecule has 0 unspecified atom stereocenters. The minimum atomic E-state index is -3.60. The van der Waals surface area contributed by atoms with Gasteiger partial charge in [0, 0.05) is 25.2 Å². The lowest BCUT2D eigenvalue weighted by atomic mass is 10.1. The molecule has 3 aromatic rings. The van der Waals surface area contributed by atoms with Crippen LogP contribution < -0.4 is 5.32 Å². The zero-order chi connectivity index (χ0) is 23.6. The maximum atomic E-state index is 13.1. The second-order valence-electron chi connectivity index (χ2n) is 8.22. The van der Waals surface area contributed by atoms with Gasteiger partial charge < -0.3 is 5.32 Å². The molecular formula is C24H26FN3O3S2. The van der Waals surface area contributed by atoms with Gasteiger partial charge in [0.25, 0.3) is 5.91 Å². The van der Waals surface area contributed by atoms with Crippen molar-refractivity contribution < 1.29 is 17.6 Å². The van der Waals surface area contributed by atoms with E-state index < -0.39 is 10.0 Å². The number of hydrogen-bond acceptors (Lipinski definition) is 5. The van der Waals surface area contributed by atoms with E-state index in [1.54, 1.807) is 31.2 Å². The van der Waals surface area contributed by atoms with Gasteiger partial charge in [-0.05, 0) is 62.1 Å². The number of carbonyl (C=O) groups excluding carboxylic acids is 1. The van der Waals surface area contributed by atoms with Crippen LogP contribution in [0, 0.1) is 19.7 Å². The highest BCUT2D eigenvalue weighted by Gasteiger charge is 2.27. The van der Waals surface area contributed by atoms with Crippen molar-refractivity contribution in [2.75, 3.05) is 18.4 Å². The Kier molecular flexibility index (Phi) is 6.92. The maximum absolute atomic E-state index is 13.1. The molecule has 1 amide bonds. The molecule has 1 aliphatic heterocycles. The number of piperidine rings is 1. The largest absolute Gasteiger partial charge is 0.321 e. The first-order chi connectivity index (χ1) is 15.7. The number of sulfonamides is 1. The first-order valence-corrected chi connectivity index (χ1v) is 13.1. The second-order valence-corrected chi connectivity index (χ2v) is 11.2. The van der Waals surface area contributed by atoms with Crippen molar-refractivity contribution in [2.45, 2.75) is 44.4 Å². The van der Waals surface area contributed by atoms with E-state index in [0.29, 0.717) is 35.8 Å². The summed E-state index contributed by atoms with van der Waals surface area (Å²) in [7, 11) is -3.60. The van der Waals surface area contributed by atoms with Gasteiger partial charge in [0.05, 0.1) is 15.6 Å². The number of anilines is 1. The number of hydrogen-bond donors (Lipinski definition) is 1. The summed E-state index contributed by atoms with van der Waals surface area (Å²) in [5, 5.41) is 3.62. The maximum Gasteiger partial charge on any atom is 0.267 e. The van der Waals surface area contributed by atoms with E-state index in [-0.39, 0.29) is 16.6 Å². The number of amides is 1. The van der Waals surface area contributed by atoms with Crippen molar-refractivity contribution in [3.8, 4) is 0 Å². The Balaban J connectivity index is 1.53. The third-order valence-corrected chi connectivity index (χ3v) is 8.78. The van der Waals surface area contributed by atoms with Crippen LogP contribution in [0.1, 0.15) is 50.8 Å². The zero-order valence-corrected chi connectivity index (χ0v) is 20.2. The molecule has 174 valence electrons. The predicted molar refractivity (Wildman–Crippen MR) is 128 cm³/mol. The van der Waals surface area contributed by atoms with Gasteiger partial charge in [-0.2, -0.15) is 4.31 Å². The number of aryl methyl sites for hydroxylation is 2. The lowest BCUT2D eigenvalue weighted by Crippen LogP contribution is -2.35. The predicted octanol–water partition coefficient (Wildman–Crippen LogP) is 4.92. The van der Waals surface area contributed by atoms with Crippen molar-refractivity contribution in [2.24, 2.45) is 0 Å². The van der Waals surface area contributed by atoms with Crippen LogP contribution in [0.15, 0.2) is 47.4 Å². The van der Waals surface area contributed by atoms with Gasteiger partial charge in [-0.1, -0.05) is 24.6 Å². The smallest absolute Gasteiger partial charge is 0.267 e. The summed E-state index contributed by atoms with van der Waals surface area (Å²) < 4.78 is 40.7. The van der Waals surface area contributed by atoms with Gasteiger partial charge in [-0.15, -0.1) is 11.3 Å². The number of nitrogens with one attached hydrogen (secondary N) is 1. The summed E-state index contributed by atoms with van der Waals surface area (Å²) in [5.74, 6) is -0.625. The molecule has 0 bridgehead atoms. The average Bonchev–Trinajstić information content (AvgIpc) is 3.17. The molecule has 1 aliphatic rings. The van der Waals surface area contributed by atoms with E-state index in [0.717, 1.165) is 35.4 Å². The molecule has 0 radical (unpaired) electrons. The molecule has 6 nitrogen and oxygen atoms in total. The molecule has 1 saturated heterocycles. The number of thiazole rings is 1. The standard InChI is InChI=1S/C24H26FN3O3S2/c1-16-6-11-20(33(30,31)28-12-4-3-5-13-28)15-21(16)27-24(29)23-17(2)26-22(32-23)14-18-7-9-19(25)10-8-18/h6-11,15H,3-5,12-14H2,1-2H3,(H,27,29). The van der Waals surface area contributed by atoms with Gasteiger partial charge in [0.1, 0.15) is 10.7 Å². The second kappa shape index (κ2) is 9.70. The monoisotopic (exact) mass is 487 g/mol. The summed E-state index contributed by atoms with van der Waals surface area (Å²) >= 11 is 1.28. The molecule has 0 spiro atoms. The zero-order valence-electron chi connectivity index (χ0n) is 18.6. The fraction of sp³-hybridized carbons (Fsp3) is 0.333. The molecule has 0 saturated carbocycles. The summed E-state index contributed by atoms with van der Waals surface area (Å²) in [6, 6.07) is 11.0. The lowest BCUT2D eigenvalue weighted by molar-refractivity contribution is 0.102. The van der Waals surface area contributed by atoms with Crippen molar-refractivity contribution >= 4 is 33.0 Å². The molecule has 1 fully saturated rings. The molecule has 2 heterocycles. The van der Waals surface area contributed by atoms with E-state index in [2.05, 4.69) is 10.3 Å². The normalized spacial score (nSPS) is 14.9. The van der Waals surface area contributed by atoms with Crippen LogP contribution >= 0.6 is 11.3 Å². The number of carbonyl (C=O) groups is 1. The van der Waals surface area contributed by atoms with E-state index in [9.17, 15) is 17.6 Å². The summed E-state index contributed by atoms with van der Waals surface area (Å²) in [6.45, 7) is 4.64. The van der Waals surface area contributed by atoms with Gasteiger partial charge in [-0.3, -0.25) is 4.79 Å². The van der Waals surface area contributed by atoms with Crippen LogP contribution in [0.4, 0.5) is 10.1 Å². The molecule has 33 heavy (non-hydrogen) atoms. The van der Waals surface area contributed by atoms with Crippen molar-refractivity contribution in [1.29, 1.82) is 0 Å². The highest BCUT2D eigenvalue weighted by molar-refractivity contribution is 7.89. The van der Waals surface area contributed by atoms with Gasteiger partial charge in [-0.25, -0.2) is 17.8 Å². The Morgan fingerprint density at radius 1 is 1.09 bits per heavy atom. The van der Waals surface area contributed by atoms with Gasteiger partial charge in [0.2, 0.25) is 10.0 Å². The van der Waals surface area contributed by atoms with Crippen LogP contribution in [-0.2, 0) is 16.4 Å². The van der Waals surface area contributed by atoms with Gasteiger partial charge >= 0.3 is 0 Å². The van der Waals surface area contributed by atoms with Crippen molar-refractivity contribution in [3.05, 3.63) is 75.0 Å². The van der Waals surface area contributed by atoms with Crippen molar-refractivity contribution in [1.82, 2.24) is 9.29 Å². The Morgan fingerprint density at radius 3 is 2.48 bits per heavy atom. The van der Waals surface area contributed by atoms with Crippen LogP contribution in [0.5, 0.6) is 0 Å². The molecule has 1 aromatic heterocycles. The molecule has 1 N–H and O–H groups in total. The highest BCUT2D eigenvalue weighted by atomic mass is 32.2. The summed E-state index contributed by atoms with van der Waals surface area (Å²) in [6.07, 6.45) is 3.26. The molecular weight excluding hydrogens is 461 g/mol. The van der Waals surface area contributed by atoms with Crippen LogP contribution in [0.2, 0.25) is 0 Å². The van der Waals surface area contributed by atoms with Crippen molar-refractivity contribution in [3.63, 3.8) is 0 Å². The van der Waals surface area contributed by atoms with E-state index >= 15 is 0 Å². The third kappa shape index (κ3) is 5.31. The lowest BCUT2D eigenvalue weighted by Gasteiger charge is -2.26. The van der Waals surface area contributed by atoms with Gasteiger partial charge in [0.15, 0.2) is 0 Å².